The second-order valence-electron chi connectivity index (χ2n) is 5.24. The Morgan fingerprint density at radius 2 is 2.05 bits per heavy atom. The lowest BCUT2D eigenvalue weighted by Crippen LogP contribution is -2.41. The molecule has 2 N–H and O–H groups in total. The summed E-state index contributed by atoms with van der Waals surface area (Å²) in [5, 5.41) is 12.5. The van der Waals surface area contributed by atoms with Crippen LogP contribution < -0.4 is 5.32 Å². The number of rotatable bonds is 6. The van der Waals surface area contributed by atoms with E-state index < -0.39 is 0 Å². The van der Waals surface area contributed by atoms with Gasteiger partial charge in [-0.25, -0.2) is 0 Å². The minimum atomic E-state index is 0.0195. The first-order chi connectivity index (χ1) is 9.77. The molecule has 1 aliphatic carbocycles. The maximum atomic E-state index is 12.8. The van der Waals surface area contributed by atoms with E-state index in [9.17, 15) is 9.90 Å². The lowest BCUT2D eigenvalue weighted by Gasteiger charge is -2.29. The van der Waals surface area contributed by atoms with Gasteiger partial charge in [0.2, 0.25) is 0 Å². The molecule has 1 amide bonds. The molecule has 4 nitrogen and oxygen atoms in total. The van der Waals surface area contributed by atoms with Gasteiger partial charge in [-0.1, -0.05) is 25.0 Å². The fourth-order valence-corrected chi connectivity index (χ4v) is 2.94. The molecule has 20 heavy (non-hydrogen) atoms. The maximum absolute atomic E-state index is 12.8. The fraction of sp³-hybridized carbons (Fsp3) is 0.562. The number of aliphatic hydroxyl groups is 1. The third kappa shape index (κ3) is 3.31. The van der Waals surface area contributed by atoms with E-state index in [0.29, 0.717) is 12.1 Å². The van der Waals surface area contributed by atoms with E-state index in [4.69, 9.17) is 0 Å². The van der Waals surface area contributed by atoms with E-state index in [-0.39, 0.29) is 18.6 Å². The number of anilines is 1. The zero-order valence-electron chi connectivity index (χ0n) is 12.1. The van der Waals surface area contributed by atoms with Gasteiger partial charge in [-0.3, -0.25) is 4.79 Å². The molecule has 4 heteroatoms. The Bertz CT molecular complexity index is 442. The number of amides is 1. The molecule has 0 spiro atoms. The van der Waals surface area contributed by atoms with Gasteiger partial charge >= 0.3 is 0 Å². The molecule has 2 rings (SSSR count). The first-order valence-electron chi connectivity index (χ1n) is 7.52. The third-order valence-electron chi connectivity index (χ3n) is 3.89. The van der Waals surface area contributed by atoms with Crippen molar-refractivity contribution in [3.8, 4) is 0 Å². The van der Waals surface area contributed by atoms with Crippen LogP contribution in [0, 0.1) is 0 Å². The molecule has 0 atom stereocenters. The van der Waals surface area contributed by atoms with Crippen LogP contribution in [0.4, 0.5) is 5.69 Å². The Morgan fingerprint density at radius 3 is 2.70 bits per heavy atom. The first kappa shape index (κ1) is 14.9. The monoisotopic (exact) mass is 276 g/mol. The summed E-state index contributed by atoms with van der Waals surface area (Å²) in [6, 6.07) is 7.90. The van der Waals surface area contributed by atoms with Crippen molar-refractivity contribution < 1.29 is 9.90 Å². The Hall–Kier alpha value is -1.55. The summed E-state index contributed by atoms with van der Waals surface area (Å²) in [6.07, 6.45) is 4.45. The van der Waals surface area contributed by atoms with Crippen molar-refractivity contribution in [2.75, 3.05) is 25.0 Å². The molecule has 1 aromatic rings. The van der Waals surface area contributed by atoms with Crippen molar-refractivity contribution in [3.63, 3.8) is 0 Å². The van der Waals surface area contributed by atoms with Gasteiger partial charge in [0, 0.05) is 24.8 Å². The Kier molecular flexibility index (Phi) is 5.41. The number of hydrogen-bond acceptors (Lipinski definition) is 3. The molecule has 0 aliphatic heterocycles. The van der Waals surface area contributed by atoms with Crippen molar-refractivity contribution in [1.82, 2.24) is 4.90 Å². The van der Waals surface area contributed by atoms with E-state index in [1.54, 1.807) is 0 Å². The van der Waals surface area contributed by atoms with Crippen LogP contribution in [0.5, 0.6) is 0 Å². The number of aliphatic hydroxyl groups excluding tert-OH is 1. The number of carbonyl (C=O) groups is 1. The van der Waals surface area contributed by atoms with E-state index in [1.807, 2.05) is 36.1 Å². The van der Waals surface area contributed by atoms with E-state index >= 15 is 0 Å². The van der Waals surface area contributed by atoms with Crippen LogP contribution in [0.2, 0.25) is 0 Å². The number of benzene rings is 1. The third-order valence-corrected chi connectivity index (χ3v) is 3.89. The molecule has 0 heterocycles. The average Bonchev–Trinajstić information content (AvgIpc) is 2.99. The normalized spacial score (nSPS) is 15.3. The van der Waals surface area contributed by atoms with E-state index in [0.717, 1.165) is 25.1 Å². The molecular formula is C16H24N2O2. The molecule has 0 saturated heterocycles. The van der Waals surface area contributed by atoms with Gasteiger partial charge in [-0.15, -0.1) is 0 Å². The van der Waals surface area contributed by atoms with Crippen LogP contribution in [0.25, 0.3) is 0 Å². The summed E-state index contributed by atoms with van der Waals surface area (Å²) in [6.45, 7) is 3.24. The second kappa shape index (κ2) is 7.29. The molecule has 0 radical (unpaired) electrons. The van der Waals surface area contributed by atoms with Gasteiger partial charge < -0.3 is 15.3 Å². The van der Waals surface area contributed by atoms with Gasteiger partial charge in [-0.2, -0.15) is 0 Å². The van der Waals surface area contributed by atoms with Crippen molar-refractivity contribution >= 4 is 11.6 Å². The highest BCUT2D eigenvalue weighted by atomic mass is 16.3. The highest BCUT2D eigenvalue weighted by Crippen LogP contribution is 2.26. The predicted octanol–water partition coefficient (Wildman–Crippen LogP) is 2.50. The van der Waals surface area contributed by atoms with Crippen LogP contribution >= 0.6 is 0 Å². The first-order valence-corrected chi connectivity index (χ1v) is 7.52. The van der Waals surface area contributed by atoms with Gasteiger partial charge in [0.15, 0.2) is 0 Å². The maximum Gasteiger partial charge on any atom is 0.256 e. The predicted molar refractivity (Wildman–Crippen MR) is 81.0 cm³/mol. The summed E-state index contributed by atoms with van der Waals surface area (Å²) in [5.41, 5.74) is 1.58. The molecule has 0 bridgehead atoms. The molecular weight excluding hydrogens is 252 g/mol. The summed E-state index contributed by atoms with van der Waals surface area (Å²) in [4.78, 5) is 14.6. The zero-order valence-corrected chi connectivity index (χ0v) is 12.1. The lowest BCUT2D eigenvalue weighted by molar-refractivity contribution is 0.0639. The number of nitrogens with one attached hydrogen (secondary N) is 1. The molecule has 1 saturated carbocycles. The van der Waals surface area contributed by atoms with Gasteiger partial charge in [-0.05, 0) is 31.9 Å². The highest BCUT2D eigenvalue weighted by Gasteiger charge is 2.27. The number of nitrogens with zero attached hydrogens (tertiary/aromatic N) is 1. The minimum absolute atomic E-state index is 0.0195. The lowest BCUT2D eigenvalue weighted by atomic mass is 10.1. The van der Waals surface area contributed by atoms with Crippen LogP contribution in [-0.4, -0.2) is 41.7 Å². The van der Waals surface area contributed by atoms with Gasteiger partial charge in [0.25, 0.3) is 5.91 Å². The zero-order chi connectivity index (χ0) is 14.4. The Labute approximate surface area is 120 Å². The van der Waals surface area contributed by atoms with Crippen LogP contribution in [0.15, 0.2) is 24.3 Å². The summed E-state index contributed by atoms with van der Waals surface area (Å²) < 4.78 is 0. The average molecular weight is 276 g/mol. The molecule has 110 valence electrons. The Morgan fingerprint density at radius 1 is 1.35 bits per heavy atom. The highest BCUT2D eigenvalue weighted by molar-refractivity contribution is 5.99. The summed E-state index contributed by atoms with van der Waals surface area (Å²) in [5.74, 6) is 0.0301. The van der Waals surface area contributed by atoms with Crippen molar-refractivity contribution in [2.45, 2.75) is 38.6 Å². The number of hydrogen-bond donors (Lipinski definition) is 2. The van der Waals surface area contributed by atoms with Crippen LogP contribution in [0.3, 0.4) is 0 Å². The molecule has 1 aromatic carbocycles. The minimum Gasteiger partial charge on any atom is -0.395 e. The standard InChI is InChI=1S/C16H24N2O2/c1-2-17-15-10-6-5-9-14(15)16(20)18(11-12-19)13-7-3-4-8-13/h5-6,9-10,13,17,19H,2-4,7-8,11-12H2,1H3. The SMILES string of the molecule is CCNc1ccccc1C(=O)N(CCO)C1CCCC1. The quantitative estimate of drug-likeness (QED) is 0.839. The van der Waals surface area contributed by atoms with Crippen LogP contribution in [0.1, 0.15) is 43.0 Å². The van der Waals surface area contributed by atoms with Crippen LogP contribution in [-0.2, 0) is 0 Å². The van der Waals surface area contributed by atoms with E-state index in [1.165, 1.54) is 12.8 Å². The smallest absolute Gasteiger partial charge is 0.256 e. The number of para-hydroxylation sites is 1. The Balaban J connectivity index is 2.22. The van der Waals surface area contributed by atoms with E-state index in [2.05, 4.69) is 5.32 Å². The van der Waals surface area contributed by atoms with Crippen molar-refractivity contribution in [3.05, 3.63) is 29.8 Å². The molecule has 0 aromatic heterocycles. The topological polar surface area (TPSA) is 52.6 Å². The summed E-state index contributed by atoms with van der Waals surface area (Å²) in [7, 11) is 0. The largest absolute Gasteiger partial charge is 0.395 e. The van der Waals surface area contributed by atoms with Gasteiger partial charge in [0.05, 0.1) is 12.2 Å². The molecule has 1 fully saturated rings. The van der Waals surface area contributed by atoms with Crippen molar-refractivity contribution in [2.24, 2.45) is 0 Å². The molecule has 0 unspecified atom stereocenters. The van der Waals surface area contributed by atoms with Gasteiger partial charge in [0.1, 0.15) is 0 Å². The van der Waals surface area contributed by atoms with Crippen molar-refractivity contribution in [1.29, 1.82) is 0 Å². The fourth-order valence-electron chi connectivity index (χ4n) is 2.94. The number of carbonyl (C=O) groups excluding carboxylic acids is 1. The molecule has 1 aliphatic rings. The summed E-state index contributed by atoms with van der Waals surface area (Å²) >= 11 is 0. The second-order valence-corrected chi connectivity index (χ2v) is 5.24.